The number of piperidine rings is 1. The summed E-state index contributed by atoms with van der Waals surface area (Å²) in [5.41, 5.74) is 0.613. The first-order valence-electron chi connectivity index (χ1n) is 11.5. The van der Waals surface area contributed by atoms with Crippen molar-refractivity contribution in [3.63, 3.8) is 0 Å². The molecule has 2 saturated heterocycles. The fourth-order valence-corrected chi connectivity index (χ4v) is 5.52. The van der Waals surface area contributed by atoms with E-state index in [0.717, 1.165) is 19.3 Å². The van der Waals surface area contributed by atoms with E-state index >= 15 is 0 Å². The highest BCUT2D eigenvalue weighted by atomic mass is 32.2. The first kappa shape index (κ1) is 24.7. The van der Waals surface area contributed by atoms with Gasteiger partial charge in [-0.15, -0.1) is 0 Å². The maximum atomic E-state index is 12.9. The van der Waals surface area contributed by atoms with Crippen LogP contribution in [0.5, 0.6) is 0 Å². The second-order valence-electron chi connectivity index (χ2n) is 9.05. The third-order valence-corrected chi connectivity index (χ3v) is 8.01. The Hall–Kier alpha value is -1.97. The second-order valence-corrected chi connectivity index (χ2v) is 11.0. The van der Waals surface area contributed by atoms with Gasteiger partial charge >= 0.3 is 0 Å². The number of benzene rings is 1. The summed E-state index contributed by atoms with van der Waals surface area (Å²) in [7, 11) is -3.53. The van der Waals surface area contributed by atoms with E-state index in [1.807, 2.05) is 13.8 Å². The summed E-state index contributed by atoms with van der Waals surface area (Å²) in [5, 5.41) is 2.88. The van der Waals surface area contributed by atoms with Crippen molar-refractivity contribution in [1.29, 1.82) is 0 Å². The fourth-order valence-electron chi connectivity index (χ4n) is 4.05. The molecule has 0 saturated carbocycles. The predicted molar refractivity (Wildman–Crippen MR) is 123 cm³/mol. The highest BCUT2D eigenvalue weighted by molar-refractivity contribution is 7.89. The number of carbonyl (C=O) groups is 2. The third kappa shape index (κ3) is 6.08. The van der Waals surface area contributed by atoms with E-state index in [1.54, 1.807) is 29.2 Å². The maximum Gasteiger partial charge on any atom is 0.243 e. The van der Waals surface area contributed by atoms with Crippen molar-refractivity contribution in [2.75, 3.05) is 37.7 Å². The van der Waals surface area contributed by atoms with Crippen molar-refractivity contribution in [3.8, 4) is 0 Å². The zero-order chi connectivity index (χ0) is 23.3. The molecule has 9 heteroatoms. The molecule has 2 heterocycles. The summed E-state index contributed by atoms with van der Waals surface area (Å²) in [6.45, 7) is 8.54. The molecule has 0 unspecified atom stereocenters. The summed E-state index contributed by atoms with van der Waals surface area (Å²) >= 11 is 0. The number of hydrogen-bond acceptors (Lipinski definition) is 5. The van der Waals surface area contributed by atoms with Crippen molar-refractivity contribution < 1.29 is 22.7 Å². The van der Waals surface area contributed by atoms with Crippen molar-refractivity contribution in [1.82, 2.24) is 9.62 Å². The van der Waals surface area contributed by atoms with Gasteiger partial charge in [-0.3, -0.25) is 9.59 Å². The molecule has 1 N–H and O–H groups in total. The van der Waals surface area contributed by atoms with Gasteiger partial charge in [-0.1, -0.05) is 6.92 Å². The Balaban J connectivity index is 1.55. The van der Waals surface area contributed by atoms with E-state index in [1.165, 1.54) is 4.31 Å². The van der Waals surface area contributed by atoms with Gasteiger partial charge in [0.1, 0.15) is 0 Å². The number of carbonyl (C=O) groups excluding carboxylic acids is 2. The lowest BCUT2D eigenvalue weighted by molar-refractivity contribution is -0.126. The number of amides is 2. The highest BCUT2D eigenvalue weighted by Gasteiger charge is 2.35. The van der Waals surface area contributed by atoms with Crippen LogP contribution in [0.3, 0.4) is 0 Å². The number of nitrogens with zero attached hydrogens (tertiary/aromatic N) is 2. The summed E-state index contributed by atoms with van der Waals surface area (Å²) in [6.07, 6.45) is 2.78. The molecule has 1 aromatic carbocycles. The summed E-state index contributed by atoms with van der Waals surface area (Å²) in [5.74, 6) is -0.131. The van der Waals surface area contributed by atoms with Gasteiger partial charge in [0.05, 0.1) is 16.9 Å². The molecule has 0 aromatic heterocycles. The molecular formula is C23H35N3O5S. The molecule has 2 fully saturated rings. The van der Waals surface area contributed by atoms with Crippen LogP contribution in [-0.2, 0) is 24.3 Å². The van der Waals surface area contributed by atoms with Crippen LogP contribution in [0.1, 0.15) is 46.5 Å². The highest BCUT2D eigenvalue weighted by Crippen LogP contribution is 2.28. The van der Waals surface area contributed by atoms with Crippen LogP contribution in [-0.4, -0.2) is 63.4 Å². The van der Waals surface area contributed by atoms with Crippen LogP contribution in [0, 0.1) is 11.8 Å². The number of anilines is 1. The zero-order valence-corrected chi connectivity index (χ0v) is 20.1. The molecular weight excluding hydrogens is 430 g/mol. The first-order valence-corrected chi connectivity index (χ1v) is 12.9. The summed E-state index contributed by atoms with van der Waals surface area (Å²) < 4.78 is 32.8. The van der Waals surface area contributed by atoms with E-state index in [4.69, 9.17) is 4.74 Å². The predicted octanol–water partition coefficient (Wildman–Crippen LogP) is 2.39. The van der Waals surface area contributed by atoms with Gasteiger partial charge < -0.3 is 15.0 Å². The normalized spacial score (nSPS) is 20.8. The Labute approximate surface area is 191 Å². The van der Waals surface area contributed by atoms with Gasteiger partial charge in [-0.25, -0.2) is 8.42 Å². The van der Waals surface area contributed by atoms with Crippen LogP contribution in [0.25, 0.3) is 0 Å². The van der Waals surface area contributed by atoms with Gasteiger partial charge in [0.25, 0.3) is 0 Å². The minimum atomic E-state index is -3.53. The Morgan fingerprint density at radius 3 is 2.47 bits per heavy atom. The molecule has 178 valence electrons. The number of sulfonamides is 1. The van der Waals surface area contributed by atoms with Crippen LogP contribution in [0.15, 0.2) is 29.2 Å². The van der Waals surface area contributed by atoms with Crippen LogP contribution < -0.4 is 10.2 Å². The minimum Gasteiger partial charge on any atom is -0.379 e. The van der Waals surface area contributed by atoms with E-state index < -0.39 is 15.9 Å². The average Bonchev–Trinajstić information content (AvgIpc) is 3.15. The van der Waals surface area contributed by atoms with Gasteiger partial charge in [-0.2, -0.15) is 4.31 Å². The average molecular weight is 466 g/mol. The maximum absolute atomic E-state index is 12.9. The smallest absolute Gasteiger partial charge is 0.243 e. The molecule has 3 rings (SSSR count). The van der Waals surface area contributed by atoms with Gasteiger partial charge in [0.15, 0.2) is 0 Å². The number of rotatable bonds is 9. The molecule has 2 aliphatic rings. The van der Waals surface area contributed by atoms with Gasteiger partial charge in [-0.05, 0) is 63.3 Å². The zero-order valence-electron chi connectivity index (χ0n) is 19.2. The quantitative estimate of drug-likeness (QED) is 0.565. The Morgan fingerprint density at radius 2 is 1.84 bits per heavy atom. The van der Waals surface area contributed by atoms with E-state index in [-0.39, 0.29) is 29.2 Å². The number of hydrogen-bond donors (Lipinski definition) is 1. The summed E-state index contributed by atoms with van der Waals surface area (Å²) in [6, 6.07) is 6.41. The third-order valence-electron chi connectivity index (χ3n) is 6.10. The summed E-state index contributed by atoms with van der Waals surface area (Å²) in [4.78, 5) is 26.7. The molecule has 2 aliphatic heterocycles. The van der Waals surface area contributed by atoms with Crippen LogP contribution >= 0.6 is 0 Å². The Kier molecular flexibility index (Phi) is 8.30. The standard InChI is InChI=1S/C23H35N3O5S/c1-17(2)31-14-4-11-24-23(28)19-15-22(27)26(16-19)20-5-7-21(8-6-20)32(29,30)25-12-9-18(3)10-13-25/h5-8,17-19H,4,9-16H2,1-3H3,(H,24,28)/t19-/m0/s1. The van der Waals surface area contributed by atoms with Crippen molar-refractivity contribution in [3.05, 3.63) is 24.3 Å². The van der Waals surface area contributed by atoms with E-state index in [2.05, 4.69) is 12.2 Å². The first-order chi connectivity index (χ1) is 15.2. The topological polar surface area (TPSA) is 96.0 Å². The molecule has 8 nitrogen and oxygen atoms in total. The second kappa shape index (κ2) is 10.8. The van der Waals surface area contributed by atoms with Crippen molar-refractivity contribution in [2.24, 2.45) is 11.8 Å². The van der Waals surface area contributed by atoms with Gasteiger partial charge in [0.2, 0.25) is 21.8 Å². The van der Waals surface area contributed by atoms with Crippen molar-refractivity contribution >= 4 is 27.5 Å². The number of nitrogens with one attached hydrogen (secondary N) is 1. The fraction of sp³-hybridized carbons (Fsp3) is 0.652. The Morgan fingerprint density at radius 1 is 1.19 bits per heavy atom. The largest absolute Gasteiger partial charge is 0.379 e. The van der Waals surface area contributed by atoms with Crippen molar-refractivity contribution in [2.45, 2.75) is 57.5 Å². The molecule has 0 radical (unpaired) electrons. The van der Waals surface area contributed by atoms with E-state index in [9.17, 15) is 18.0 Å². The molecule has 32 heavy (non-hydrogen) atoms. The minimum absolute atomic E-state index is 0.131. The molecule has 2 amide bonds. The van der Waals surface area contributed by atoms with E-state index in [0.29, 0.717) is 44.4 Å². The Bertz CT molecular complexity index is 893. The van der Waals surface area contributed by atoms with Crippen LogP contribution in [0.4, 0.5) is 5.69 Å². The number of ether oxygens (including phenoxy) is 1. The van der Waals surface area contributed by atoms with Gasteiger partial charge in [0, 0.05) is 44.9 Å². The molecule has 1 atom stereocenters. The molecule has 0 spiro atoms. The molecule has 1 aromatic rings. The van der Waals surface area contributed by atoms with Crippen LogP contribution in [0.2, 0.25) is 0 Å². The monoisotopic (exact) mass is 465 g/mol. The SMILES string of the molecule is CC1CCN(S(=O)(=O)c2ccc(N3C[C@@H](C(=O)NCCCOC(C)C)CC3=O)cc2)CC1. The molecule has 0 aliphatic carbocycles. The lowest BCUT2D eigenvalue weighted by Gasteiger charge is -2.29. The molecule has 0 bridgehead atoms. The lowest BCUT2D eigenvalue weighted by Crippen LogP contribution is -2.37. The lowest BCUT2D eigenvalue weighted by atomic mass is 10.0.